The van der Waals surface area contributed by atoms with Crippen LogP contribution in [0.15, 0.2) is 23.0 Å². The van der Waals surface area contributed by atoms with Crippen molar-refractivity contribution in [1.82, 2.24) is 10.2 Å². The van der Waals surface area contributed by atoms with Crippen LogP contribution in [-0.2, 0) is 4.79 Å². The Kier molecular flexibility index (Phi) is 3.97. The summed E-state index contributed by atoms with van der Waals surface area (Å²) < 4.78 is 0. The van der Waals surface area contributed by atoms with Crippen molar-refractivity contribution < 1.29 is 4.79 Å². The second-order valence-electron chi connectivity index (χ2n) is 3.16. The minimum atomic E-state index is 0.0508. The Morgan fingerprint density at radius 2 is 2.40 bits per heavy atom. The lowest BCUT2D eigenvalue weighted by molar-refractivity contribution is -0.115. The van der Waals surface area contributed by atoms with Crippen LogP contribution in [0, 0.1) is 6.92 Å². The standard InChI is InChI=1S/C11H15N3O/c1-4-10(11(15)5-2)12-6-9-7-13-14-8(9)3/h4,6-7H,5H2,1-3H3,(H,13,14)/b10-4-,12-6?. The Morgan fingerprint density at radius 1 is 1.67 bits per heavy atom. The molecule has 1 aromatic rings. The summed E-state index contributed by atoms with van der Waals surface area (Å²) in [6, 6.07) is 0. The zero-order valence-electron chi connectivity index (χ0n) is 9.24. The fourth-order valence-electron chi connectivity index (χ4n) is 1.12. The molecule has 0 saturated heterocycles. The highest BCUT2D eigenvalue weighted by Crippen LogP contribution is 2.04. The summed E-state index contributed by atoms with van der Waals surface area (Å²) in [5.41, 5.74) is 2.34. The number of H-pyrrole nitrogens is 1. The summed E-state index contributed by atoms with van der Waals surface area (Å²) in [5, 5.41) is 6.68. The van der Waals surface area contributed by atoms with E-state index in [4.69, 9.17) is 0 Å². The Bertz CT molecular complexity index is 402. The van der Waals surface area contributed by atoms with Crippen LogP contribution >= 0.6 is 0 Å². The maximum atomic E-state index is 11.4. The molecule has 0 aromatic carbocycles. The SMILES string of the molecule is C/C=C(\N=Cc1cn[nH]c1C)C(=O)CC. The van der Waals surface area contributed by atoms with E-state index in [1.54, 1.807) is 18.5 Å². The van der Waals surface area contributed by atoms with Gasteiger partial charge in [-0.1, -0.05) is 13.0 Å². The second kappa shape index (κ2) is 5.24. The van der Waals surface area contributed by atoms with Gasteiger partial charge in [-0.3, -0.25) is 14.9 Å². The number of aromatic amines is 1. The predicted octanol–water partition coefficient (Wildman–Crippen LogP) is 2.02. The fraction of sp³-hybridized carbons (Fsp3) is 0.364. The number of aromatic nitrogens is 2. The van der Waals surface area contributed by atoms with Crippen LogP contribution in [0.4, 0.5) is 0 Å². The van der Waals surface area contributed by atoms with Gasteiger partial charge in [0.1, 0.15) is 5.70 Å². The molecule has 0 aliphatic carbocycles. The number of aryl methyl sites for hydroxylation is 1. The molecule has 1 heterocycles. The first-order valence-electron chi connectivity index (χ1n) is 4.92. The molecule has 0 saturated carbocycles. The molecule has 0 spiro atoms. The average Bonchev–Trinajstić information content (AvgIpc) is 2.65. The smallest absolute Gasteiger partial charge is 0.180 e. The number of nitrogens with one attached hydrogen (secondary N) is 1. The van der Waals surface area contributed by atoms with Gasteiger partial charge in [0.15, 0.2) is 5.78 Å². The molecular formula is C11H15N3O. The Morgan fingerprint density at radius 3 is 2.87 bits per heavy atom. The van der Waals surface area contributed by atoms with Crippen molar-refractivity contribution in [3.63, 3.8) is 0 Å². The van der Waals surface area contributed by atoms with Crippen LogP contribution in [-0.4, -0.2) is 22.2 Å². The topological polar surface area (TPSA) is 58.1 Å². The molecule has 1 rings (SSSR count). The number of ketones is 1. The van der Waals surface area contributed by atoms with Crippen molar-refractivity contribution in [2.24, 2.45) is 4.99 Å². The van der Waals surface area contributed by atoms with Crippen molar-refractivity contribution in [1.29, 1.82) is 0 Å². The van der Waals surface area contributed by atoms with Gasteiger partial charge < -0.3 is 0 Å². The summed E-state index contributed by atoms with van der Waals surface area (Å²) >= 11 is 0. The lowest BCUT2D eigenvalue weighted by Crippen LogP contribution is -1.98. The molecule has 1 N–H and O–H groups in total. The minimum Gasteiger partial charge on any atom is -0.292 e. The van der Waals surface area contributed by atoms with Gasteiger partial charge in [-0.05, 0) is 13.8 Å². The summed E-state index contributed by atoms with van der Waals surface area (Å²) in [6.07, 6.45) is 5.53. The first-order valence-corrected chi connectivity index (χ1v) is 4.92. The average molecular weight is 205 g/mol. The normalized spacial score (nSPS) is 12.3. The summed E-state index contributed by atoms with van der Waals surface area (Å²) in [4.78, 5) is 15.5. The Hall–Kier alpha value is -1.71. The van der Waals surface area contributed by atoms with E-state index >= 15 is 0 Å². The highest BCUT2D eigenvalue weighted by atomic mass is 16.1. The van der Waals surface area contributed by atoms with Crippen LogP contribution < -0.4 is 0 Å². The van der Waals surface area contributed by atoms with Gasteiger partial charge in [0.25, 0.3) is 0 Å². The number of allylic oxidation sites excluding steroid dienone is 2. The van der Waals surface area contributed by atoms with E-state index in [0.717, 1.165) is 11.3 Å². The zero-order chi connectivity index (χ0) is 11.3. The van der Waals surface area contributed by atoms with Crippen LogP contribution in [0.3, 0.4) is 0 Å². The summed E-state index contributed by atoms with van der Waals surface area (Å²) in [6.45, 7) is 5.54. The number of aliphatic imine (C=N–C) groups is 1. The van der Waals surface area contributed by atoms with Gasteiger partial charge in [-0.25, -0.2) is 0 Å². The first-order chi connectivity index (χ1) is 7.19. The van der Waals surface area contributed by atoms with Crippen molar-refractivity contribution in [3.8, 4) is 0 Å². The monoisotopic (exact) mass is 205 g/mol. The zero-order valence-corrected chi connectivity index (χ0v) is 9.24. The summed E-state index contributed by atoms with van der Waals surface area (Å²) in [5.74, 6) is 0.0508. The maximum Gasteiger partial charge on any atom is 0.180 e. The molecule has 0 amide bonds. The molecule has 0 radical (unpaired) electrons. The number of hydrogen-bond donors (Lipinski definition) is 1. The number of hydrogen-bond acceptors (Lipinski definition) is 3. The van der Waals surface area contributed by atoms with Crippen LogP contribution in [0.25, 0.3) is 0 Å². The summed E-state index contributed by atoms with van der Waals surface area (Å²) in [7, 11) is 0. The molecule has 0 atom stereocenters. The molecule has 4 heteroatoms. The highest BCUT2D eigenvalue weighted by molar-refractivity contribution is 5.97. The molecule has 0 aliphatic rings. The number of carbonyl (C=O) groups is 1. The van der Waals surface area contributed by atoms with E-state index in [9.17, 15) is 4.79 Å². The van der Waals surface area contributed by atoms with E-state index in [1.807, 2.05) is 20.8 Å². The Labute approximate surface area is 89.1 Å². The third-order valence-electron chi connectivity index (χ3n) is 2.09. The number of rotatable bonds is 4. The van der Waals surface area contributed by atoms with E-state index < -0.39 is 0 Å². The molecular weight excluding hydrogens is 190 g/mol. The van der Waals surface area contributed by atoms with Crippen molar-refractivity contribution >= 4 is 12.0 Å². The first kappa shape index (κ1) is 11.4. The Balaban J connectivity index is 2.81. The molecule has 0 unspecified atom stereocenters. The van der Waals surface area contributed by atoms with E-state index in [-0.39, 0.29) is 5.78 Å². The van der Waals surface area contributed by atoms with Crippen LogP contribution in [0.5, 0.6) is 0 Å². The molecule has 0 bridgehead atoms. The van der Waals surface area contributed by atoms with E-state index in [2.05, 4.69) is 15.2 Å². The number of carbonyl (C=O) groups excluding carboxylic acids is 1. The van der Waals surface area contributed by atoms with Crippen molar-refractivity contribution in [2.75, 3.05) is 0 Å². The lowest BCUT2D eigenvalue weighted by Gasteiger charge is -1.96. The molecule has 80 valence electrons. The molecule has 0 fully saturated rings. The molecule has 1 aromatic heterocycles. The van der Waals surface area contributed by atoms with Crippen LogP contribution in [0.2, 0.25) is 0 Å². The number of Topliss-reactive ketones (excluding diaryl/α,β-unsaturated/α-hetero) is 1. The highest BCUT2D eigenvalue weighted by Gasteiger charge is 2.03. The van der Waals surface area contributed by atoms with Crippen LogP contribution in [0.1, 0.15) is 31.5 Å². The lowest BCUT2D eigenvalue weighted by atomic mass is 10.2. The second-order valence-corrected chi connectivity index (χ2v) is 3.16. The van der Waals surface area contributed by atoms with Gasteiger partial charge in [0.05, 0.1) is 6.20 Å². The molecule has 15 heavy (non-hydrogen) atoms. The quantitative estimate of drug-likeness (QED) is 0.604. The predicted molar refractivity (Wildman–Crippen MR) is 60.0 cm³/mol. The minimum absolute atomic E-state index is 0.0508. The van der Waals surface area contributed by atoms with Gasteiger partial charge >= 0.3 is 0 Å². The van der Waals surface area contributed by atoms with E-state index in [0.29, 0.717) is 12.1 Å². The van der Waals surface area contributed by atoms with Crippen molar-refractivity contribution in [3.05, 3.63) is 29.2 Å². The van der Waals surface area contributed by atoms with Gasteiger partial charge in [-0.15, -0.1) is 0 Å². The number of nitrogens with zero attached hydrogens (tertiary/aromatic N) is 2. The third kappa shape index (κ3) is 2.87. The molecule has 0 aliphatic heterocycles. The largest absolute Gasteiger partial charge is 0.292 e. The van der Waals surface area contributed by atoms with Gasteiger partial charge in [0, 0.05) is 23.9 Å². The van der Waals surface area contributed by atoms with Gasteiger partial charge in [-0.2, -0.15) is 5.10 Å². The van der Waals surface area contributed by atoms with Crippen molar-refractivity contribution in [2.45, 2.75) is 27.2 Å². The van der Waals surface area contributed by atoms with Gasteiger partial charge in [0.2, 0.25) is 0 Å². The fourth-order valence-corrected chi connectivity index (χ4v) is 1.12. The molecule has 4 nitrogen and oxygen atoms in total. The third-order valence-corrected chi connectivity index (χ3v) is 2.09. The maximum absolute atomic E-state index is 11.4. The van der Waals surface area contributed by atoms with E-state index in [1.165, 1.54) is 0 Å².